The summed E-state index contributed by atoms with van der Waals surface area (Å²) in [6, 6.07) is 14.4. The third kappa shape index (κ3) is 4.72. The van der Waals surface area contributed by atoms with Crippen LogP contribution in [0.25, 0.3) is 11.3 Å². The van der Waals surface area contributed by atoms with Crippen molar-refractivity contribution in [3.63, 3.8) is 0 Å². The van der Waals surface area contributed by atoms with Crippen molar-refractivity contribution in [3.05, 3.63) is 70.9 Å². The van der Waals surface area contributed by atoms with E-state index in [4.69, 9.17) is 16.1 Å². The number of ether oxygens (including phenoxy) is 1. The van der Waals surface area contributed by atoms with Gasteiger partial charge in [-0.1, -0.05) is 41.0 Å². The second-order valence-electron chi connectivity index (χ2n) is 7.05. The number of carbonyl (C=O) groups is 2. The van der Waals surface area contributed by atoms with Crippen LogP contribution in [0.5, 0.6) is 5.75 Å². The van der Waals surface area contributed by atoms with Crippen molar-refractivity contribution in [2.75, 3.05) is 26.2 Å². The molecule has 1 aromatic heterocycles. The average Bonchev–Trinajstić information content (AvgIpc) is 3.29. The molecule has 0 bridgehead atoms. The molecule has 0 N–H and O–H groups in total. The monoisotopic (exact) mass is 461 g/mol. The zero-order chi connectivity index (χ0) is 22.7. The molecule has 1 aliphatic heterocycles. The Labute approximate surface area is 187 Å². The molecule has 2 amide bonds. The molecule has 1 fully saturated rings. The second kappa shape index (κ2) is 9.35. The summed E-state index contributed by atoms with van der Waals surface area (Å²) in [7, 11) is 0. The maximum Gasteiger partial charge on any atom is 0.387 e. The Bertz CT molecular complexity index is 1130. The van der Waals surface area contributed by atoms with Gasteiger partial charge in [0.1, 0.15) is 5.75 Å². The number of nitrogens with zero attached hydrogens (tertiary/aromatic N) is 3. The molecular weight excluding hydrogens is 444 g/mol. The van der Waals surface area contributed by atoms with Crippen LogP contribution >= 0.6 is 11.6 Å². The standard InChI is InChI=1S/C22H18ClF2N3O4/c23-15-5-3-4-14(12-15)19-13-17(26-32-19)21(30)28-10-8-27(9-11-28)20(29)16-6-1-2-7-18(16)31-22(24)25/h1-7,12-13,22H,8-11H2. The van der Waals surface area contributed by atoms with E-state index in [1.54, 1.807) is 41.3 Å². The Morgan fingerprint density at radius 3 is 2.34 bits per heavy atom. The van der Waals surface area contributed by atoms with E-state index >= 15 is 0 Å². The summed E-state index contributed by atoms with van der Waals surface area (Å²) >= 11 is 5.99. The molecule has 2 heterocycles. The normalized spacial score (nSPS) is 14.0. The number of alkyl halides is 2. The van der Waals surface area contributed by atoms with Gasteiger partial charge in [0.05, 0.1) is 5.56 Å². The van der Waals surface area contributed by atoms with Crippen LogP contribution in [-0.2, 0) is 0 Å². The Balaban J connectivity index is 1.40. The molecule has 7 nitrogen and oxygen atoms in total. The van der Waals surface area contributed by atoms with Crippen LogP contribution in [0, 0.1) is 0 Å². The van der Waals surface area contributed by atoms with Crippen molar-refractivity contribution in [2.24, 2.45) is 0 Å². The van der Waals surface area contributed by atoms with Crippen molar-refractivity contribution >= 4 is 23.4 Å². The van der Waals surface area contributed by atoms with Crippen LogP contribution in [0.1, 0.15) is 20.8 Å². The Morgan fingerprint density at radius 2 is 1.66 bits per heavy atom. The molecule has 1 saturated heterocycles. The van der Waals surface area contributed by atoms with E-state index in [1.807, 2.05) is 0 Å². The largest absolute Gasteiger partial charge is 0.434 e. The molecule has 4 rings (SSSR count). The van der Waals surface area contributed by atoms with Crippen LogP contribution in [0.4, 0.5) is 8.78 Å². The molecule has 3 aromatic rings. The predicted octanol–water partition coefficient (Wildman–Crippen LogP) is 4.19. The minimum atomic E-state index is -3.03. The van der Waals surface area contributed by atoms with E-state index < -0.39 is 12.5 Å². The van der Waals surface area contributed by atoms with E-state index in [0.29, 0.717) is 16.3 Å². The number of hydrogen-bond acceptors (Lipinski definition) is 5. The lowest BCUT2D eigenvalue weighted by Gasteiger charge is -2.34. The van der Waals surface area contributed by atoms with Gasteiger partial charge in [-0.25, -0.2) is 0 Å². The van der Waals surface area contributed by atoms with Gasteiger partial charge in [0.25, 0.3) is 11.8 Å². The van der Waals surface area contributed by atoms with E-state index in [-0.39, 0.29) is 49.1 Å². The molecule has 0 atom stereocenters. The number of benzene rings is 2. The lowest BCUT2D eigenvalue weighted by molar-refractivity contribution is -0.0503. The smallest absolute Gasteiger partial charge is 0.387 e. The molecule has 0 unspecified atom stereocenters. The summed E-state index contributed by atoms with van der Waals surface area (Å²) in [5.74, 6) is -0.518. The average molecular weight is 462 g/mol. The van der Waals surface area contributed by atoms with Gasteiger partial charge < -0.3 is 19.1 Å². The highest BCUT2D eigenvalue weighted by Crippen LogP contribution is 2.25. The highest BCUT2D eigenvalue weighted by Gasteiger charge is 2.28. The van der Waals surface area contributed by atoms with Gasteiger partial charge in [-0.3, -0.25) is 9.59 Å². The molecule has 32 heavy (non-hydrogen) atoms. The molecule has 166 valence electrons. The number of aromatic nitrogens is 1. The first-order chi connectivity index (χ1) is 15.4. The maximum atomic E-state index is 12.8. The van der Waals surface area contributed by atoms with E-state index in [2.05, 4.69) is 9.89 Å². The predicted molar refractivity (Wildman–Crippen MR) is 112 cm³/mol. The zero-order valence-electron chi connectivity index (χ0n) is 16.7. The molecule has 0 radical (unpaired) electrons. The third-order valence-electron chi connectivity index (χ3n) is 5.03. The van der Waals surface area contributed by atoms with Gasteiger partial charge >= 0.3 is 6.61 Å². The second-order valence-corrected chi connectivity index (χ2v) is 7.48. The summed E-state index contributed by atoms with van der Waals surface area (Å²) in [4.78, 5) is 28.7. The van der Waals surface area contributed by atoms with Crippen LogP contribution in [0.3, 0.4) is 0 Å². The van der Waals surface area contributed by atoms with Crippen molar-refractivity contribution in [1.82, 2.24) is 15.0 Å². The fourth-order valence-corrected chi connectivity index (χ4v) is 3.63. The van der Waals surface area contributed by atoms with Crippen LogP contribution in [-0.4, -0.2) is 59.6 Å². The van der Waals surface area contributed by atoms with Crippen molar-refractivity contribution in [1.29, 1.82) is 0 Å². The van der Waals surface area contributed by atoms with Crippen molar-refractivity contribution in [2.45, 2.75) is 6.61 Å². The molecule has 10 heteroatoms. The first-order valence-electron chi connectivity index (χ1n) is 9.77. The van der Waals surface area contributed by atoms with Gasteiger partial charge in [-0.2, -0.15) is 8.78 Å². The van der Waals surface area contributed by atoms with E-state index in [9.17, 15) is 18.4 Å². The SMILES string of the molecule is O=C(c1cc(-c2cccc(Cl)c2)on1)N1CCN(C(=O)c2ccccc2OC(F)F)CC1. The molecule has 0 saturated carbocycles. The molecule has 0 spiro atoms. The van der Waals surface area contributed by atoms with Gasteiger partial charge in [0.2, 0.25) is 0 Å². The maximum absolute atomic E-state index is 12.8. The molecule has 1 aliphatic rings. The summed E-state index contributed by atoms with van der Waals surface area (Å²) < 4.78 is 35.0. The highest BCUT2D eigenvalue weighted by atomic mass is 35.5. The lowest BCUT2D eigenvalue weighted by atomic mass is 10.1. The number of carbonyl (C=O) groups excluding carboxylic acids is 2. The van der Waals surface area contributed by atoms with E-state index in [1.165, 1.54) is 23.1 Å². The number of amides is 2. The summed E-state index contributed by atoms with van der Waals surface area (Å²) in [6.07, 6.45) is 0. The topological polar surface area (TPSA) is 75.9 Å². The molecular formula is C22H18ClF2N3O4. The fraction of sp³-hybridized carbons (Fsp3) is 0.227. The first-order valence-corrected chi connectivity index (χ1v) is 10.1. The molecule has 0 aliphatic carbocycles. The van der Waals surface area contributed by atoms with Crippen LogP contribution < -0.4 is 4.74 Å². The first kappa shape index (κ1) is 21.8. The summed E-state index contributed by atoms with van der Waals surface area (Å²) in [5.41, 5.74) is 0.898. The van der Waals surface area contributed by atoms with E-state index in [0.717, 1.165) is 0 Å². The van der Waals surface area contributed by atoms with Crippen LogP contribution in [0.2, 0.25) is 5.02 Å². The Morgan fingerprint density at radius 1 is 0.969 bits per heavy atom. The van der Waals surface area contributed by atoms with Gasteiger partial charge in [-0.05, 0) is 24.3 Å². The Kier molecular flexibility index (Phi) is 6.36. The quantitative estimate of drug-likeness (QED) is 0.569. The Hall–Kier alpha value is -3.46. The molecule has 2 aromatic carbocycles. The van der Waals surface area contributed by atoms with Gasteiger partial charge in [-0.15, -0.1) is 0 Å². The summed E-state index contributed by atoms with van der Waals surface area (Å²) in [5, 5.41) is 4.40. The summed E-state index contributed by atoms with van der Waals surface area (Å²) in [6.45, 7) is -2.01. The van der Waals surface area contributed by atoms with Crippen LogP contribution in [0.15, 0.2) is 59.1 Å². The lowest BCUT2D eigenvalue weighted by Crippen LogP contribution is -2.50. The minimum Gasteiger partial charge on any atom is -0.434 e. The van der Waals surface area contributed by atoms with Crippen molar-refractivity contribution < 1.29 is 27.6 Å². The zero-order valence-corrected chi connectivity index (χ0v) is 17.5. The third-order valence-corrected chi connectivity index (χ3v) is 5.26. The fourth-order valence-electron chi connectivity index (χ4n) is 3.44. The van der Waals surface area contributed by atoms with Gasteiger partial charge in [0.15, 0.2) is 11.5 Å². The number of piperazine rings is 1. The minimum absolute atomic E-state index is 0.0511. The van der Waals surface area contributed by atoms with Gasteiger partial charge in [0, 0.05) is 42.8 Å². The number of hydrogen-bond donors (Lipinski definition) is 0. The number of halogens is 3. The number of rotatable bonds is 5. The van der Waals surface area contributed by atoms with Crippen molar-refractivity contribution in [3.8, 4) is 17.1 Å². The highest BCUT2D eigenvalue weighted by molar-refractivity contribution is 6.30. The number of para-hydroxylation sites is 1.